The van der Waals surface area contributed by atoms with Crippen molar-refractivity contribution >= 4 is 0 Å². The van der Waals surface area contributed by atoms with E-state index in [0.717, 1.165) is 12.8 Å². The summed E-state index contributed by atoms with van der Waals surface area (Å²) in [6.45, 7) is 19.6. The van der Waals surface area contributed by atoms with E-state index in [0.29, 0.717) is 5.92 Å². The molecule has 1 unspecified atom stereocenters. The minimum Gasteiger partial charge on any atom is -0.344 e. The molecule has 0 aromatic heterocycles. The fourth-order valence-corrected chi connectivity index (χ4v) is 3.56. The van der Waals surface area contributed by atoms with Gasteiger partial charge in [-0.25, -0.2) is 0 Å². The van der Waals surface area contributed by atoms with Gasteiger partial charge in [0.15, 0.2) is 5.79 Å². The van der Waals surface area contributed by atoms with Crippen LogP contribution in [0.25, 0.3) is 0 Å². The molecule has 2 nitrogen and oxygen atoms in total. The Morgan fingerprint density at radius 2 is 1.12 bits per heavy atom. The summed E-state index contributed by atoms with van der Waals surface area (Å²) in [7, 11) is 0. The molecule has 0 aliphatic carbocycles. The SMILES string of the molecule is CCCCCCCCC(CC)C(CC)(OC(C)(C)C)OC(C)(C)C. The van der Waals surface area contributed by atoms with Gasteiger partial charge in [0.1, 0.15) is 0 Å². The Morgan fingerprint density at radius 1 is 0.667 bits per heavy atom. The van der Waals surface area contributed by atoms with Crippen molar-refractivity contribution in [3.63, 3.8) is 0 Å². The molecule has 24 heavy (non-hydrogen) atoms. The van der Waals surface area contributed by atoms with Crippen LogP contribution in [-0.2, 0) is 9.47 Å². The van der Waals surface area contributed by atoms with E-state index in [-0.39, 0.29) is 11.2 Å². The van der Waals surface area contributed by atoms with Crippen LogP contribution >= 0.6 is 0 Å². The molecule has 0 aromatic rings. The molecule has 0 spiro atoms. The summed E-state index contributed by atoms with van der Waals surface area (Å²) in [4.78, 5) is 0. The van der Waals surface area contributed by atoms with Crippen molar-refractivity contribution in [2.45, 2.75) is 137 Å². The van der Waals surface area contributed by atoms with E-state index in [1.54, 1.807) is 0 Å². The van der Waals surface area contributed by atoms with Crippen LogP contribution in [0.2, 0.25) is 0 Å². The van der Waals surface area contributed by atoms with Gasteiger partial charge in [-0.3, -0.25) is 0 Å². The Kier molecular flexibility index (Phi) is 10.8. The van der Waals surface area contributed by atoms with Crippen molar-refractivity contribution in [2.75, 3.05) is 0 Å². The molecule has 0 aliphatic rings. The molecule has 0 saturated carbocycles. The van der Waals surface area contributed by atoms with Crippen molar-refractivity contribution < 1.29 is 9.47 Å². The maximum Gasteiger partial charge on any atom is 0.172 e. The minimum atomic E-state index is -0.478. The molecule has 146 valence electrons. The first-order valence-electron chi connectivity index (χ1n) is 10.4. The van der Waals surface area contributed by atoms with Crippen molar-refractivity contribution in [1.29, 1.82) is 0 Å². The highest BCUT2D eigenvalue weighted by molar-refractivity contribution is 4.84. The van der Waals surface area contributed by atoms with Crippen LogP contribution in [0.3, 0.4) is 0 Å². The molecule has 0 fully saturated rings. The second-order valence-electron chi connectivity index (χ2n) is 9.26. The molecule has 0 saturated heterocycles. The third kappa shape index (κ3) is 10.0. The number of unbranched alkanes of at least 4 members (excludes halogenated alkanes) is 5. The molecule has 1 atom stereocenters. The maximum atomic E-state index is 6.58. The molecule has 0 heterocycles. The van der Waals surface area contributed by atoms with Gasteiger partial charge in [0.2, 0.25) is 0 Å². The highest BCUT2D eigenvalue weighted by atomic mass is 16.7. The zero-order chi connectivity index (χ0) is 18.9. The van der Waals surface area contributed by atoms with Crippen LogP contribution in [-0.4, -0.2) is 17.0 Å². The topological polar surface area (TPSA) is 18.5 Å². The predicted octanol–water partition coefficient (Wildman–Crippen LogP) is 7.50. The first kappa shape index (κ1) is 23.9. The van der Waals surface area contributed by atoms with Gasteiger partial charge in [-0.05, 0) is 60.8 Å². The Balaban J connectivity index is 4.98. The molecule has 0 aromatic carbocycles. The van der Waals surface area contributed by atoms with Crippen molar-refractivity contribution in [3.8, 4) is 0 Å². The zero-order valence-electron chi connectivity index (χ0n) is 18.3. The lowest BCUT2D eigenvalue weighted by molar-refractivity contribution is -0.337. The maximum absolute atomic E-state index is 6.58. The summed E-state index contributed by atoms with van der Waals surface area (Å²) in [5.41, 5.74) is -0.397. The molecule has 0 rings (SSSR count). The van der Waals surface area contributed by atoms with Gasteiger partial charge in [0.05, 0.1) is 11.2 Å². The van der Waals surface area contributed by atoms with Gasteiger partial charge in [0, 0.05) is 5.92 Å². The lowest BCUT2D eigenvalue weighted by Gasteiger charge is -2.47. The quantitative estimate of drug-likeness (QED) is 0.270. The summed E-state index contributed by atoms with van der Waals surface area (Å²) >= 11 is 0. The fourth-order valence-electron chi connectivity index (χ4n) is 3.56. The molecule has 0 bridgehead atoms. The molecule has 0 amide bonds. The van der Waals surface area contributed by atoms with Crippen LogP contribution in [0.4, 0.5) is 0 Å². The second kappa shape index (κ2) is 10.8. The second-order valence-corrected chi connectivity index (χ2v) is 9.26. The Morgan fingerprint density at radius 3 is 1.50 bits per heavy atom. The molecule has 0 aliphatic heterocycles. The summed E-state index contributed by atoms with van der Waals surface area (Å²) in [6, 6.07) is 0. The van der Waals surface area contributed by atoms with Crippen LogP contribution in [0.1, 0.15) is 120 Å². The van der Waals surface area contributed by atoms with E-state index >= 15 is 0 Å². The van der Waals surface area contributed by atoms with Gasteiger partial charge in [0.25, 0.3) is 0 Å². The fraction of sp³-hybridized carbons (Fsp3) is 1.00. The number of ether oxygens (including phenoxy) is 2. The Hall–Kier alpha value is -0.0800. The first-order chi connectivity index (χ1) is 11.0. The minimum absolute atomic E-state index is 0.199. The average Bonchev–Trinajstić information content (AvgIpc) is 2.42. The smallest absolute Gasteiger partial charge is 0.172 e. The Labute approximate surface area is 153 Å². The van der Waals surface area contributed by atoms with E-state index in [4.69, 9.17) is 9.47 Å². The van der Waals surface area contributed by atoms with Crippen LogP contribution in [0.15, 0.2) is 0 Å². The molecule has 0 radical (unpaired) electrons. The van der Waals surface area contributed by atoms with Crippen LogP contribution in [0.5, 0.6) is 0 Å². The van der Waals surface area contributed by atoms with E-state index in [9.17, 15) is 0 Å². The monoisotopic (exact) mass is 342 g/mol. The molecule has 2 heteroatoms. The third-order valence-electron chi connectivity index (χ3n) is 4.47. The van der Waals surface area contributed by atoms with Gasteiger partial charge < -0.3 is 9.47 Å². The number of hydrogen-bond donors (Lipinski definition) is 0. The third-order valence-corrected chi connectivity index (χ3v) is 4.47. The van der Waals surface area contributed by atoms with Crippen molar-refractivity contribution in [1.82, 2.24) is 0 Å². The van der Waals surface area contributed by atoms with Crippen molar-refractivity contribution in [3.05, 3.63) is 0 Å². The largest absolute Gasteiger partial charge is 0.344 e. The zero-order valence-corrected chi connectivity index (χ0v) is 18.3. The summed E-state index contributed by atoms with van der Waals surface area (Å²) in [5.74, 6) is -0.0265. The summed E-state index contributed by atoms with van der Waals surface area (Å²) in [5, 5.41) is 0. The van der Waals surface area contributed by atoms with Gasteiger partial charge in [-0.15, -0.1) is 0 Å². The highest BCUT2D eigenvalue weighted by Crippen LogP contribution is 2.40. The lowest BCUT2D eigenvalue weighted by atomic mass is 9.86. The van der Waals surface area contributed by atoms with E-state index in [1.165, 1.54) is 44.9 Å². The molecular formula is C22H46O2. The van der Waals surface area contributed by atoms with E-state index in [2.05, 4.69) is 62.3 Å². The average molecular weight is 343 g/mol. The van der Waals surface area contributed by atoms with Crippen molar-refractivity contribution in [2.24, 2.45) is 5.92 Å². The summed E-state index contributed by atoms with van der Waals surface area (Å²) in [6.07, 6.45) is 11.2. The molecular weight excluding hydrogens is 296 g/mol. The number of hydrogen-bond acceptors (Lipinski definition) is 2. The summed E-state index contributed by atoms with van der Waals surface area (Å²) < 4.78 is 13.2. The number of rotatable bonds is 12. The van der Waals surface area contributed by atoms with E-state index in [1.807, 2.05) is 0 Å². The van der Waals surface area contributed by atoms with Gasteiger partial charge >= 0.3 is 0 Å². The highest BCUT2D eigenvalue weighted by Gasteiger charge is 2.44. The van der Waals surface area contributed by atoms with Gasteiger partial charge in [-0.2, -0.15) is 0 Å². The first-order valence-corrected chi connectivity index (χ1v) is 10.4. The molecule has 0 N–H and O–H groups in total. The predicted molar refractivity (Wildman–Crippen MR) is 106 cm³/mol. The van der Waals surface area contributed by atoms with Gasteiger partial charge in [-0.1, -0.05) is 59.3 Å². The van der Waals surface area contributed by atoms with E-state index < -0.39 is 5.79 Å². The lowest BCUT2D eigenvalue weighted by Crippen LogP contribution is -2.51. The Bertz CT molecular complexity index is 293. The standard InChI is InChI=1S/C22H46O2/c1-10-13-14-15-16-17-18-19(11-2)22(12-3,23-20(4,5)6)24-21(7,8)9/h19H,10-18H2,1-9H3. The van der Waals surface area contributed by atoms with Crippen LogP contribution < -0.4 is 0 Å². The van der Waals surface area contributed by atoms with Crippen LogP contribution in [0, 0.1) is 5.92 Å². The normalized spacial score (nSPS) is 14.9.